The fourth-order valence-corrected chi connectivity index (χ4v) is 1.90. The van der Waals surface area contributed by atoms with Gasteiger partial charge in [0.25, 0.3) is 0 Å². The molecule has 0 saturated carbocycles. The highest BCUT2D eigenvalue weighted by Crippen LogP contribution is 2.15. The Kier molecular flexibility index (Phi) is 4.07. The minimum absolute atomic E-state index is 0.194. The fourth-order valence-electron chi connectivity index (χ4n) is 1.19. The van der Waals surface area contributed by atoms with E-state index in [2.05, 4.69) is 5.32 Å². The van der Waals surface area contributed by atoms with Crippen molar-refractivity contribution >= 4 is 16.0 Å². The molecule has 84 valence electrons. The summed E-state index contributed by atoms with van der Waals surface area (Å²) in [7, 11) is -2.48. The number of nitrogens with zero attached hydrogens (tertiary/aromatic N) is 1. The molecule has 0 atom stereocenters. The number of likely N-dealkylation sites (N-methyl/N-ethyl adjacent to an activating group) is 1. The lowest BCUT2D eigenvalue weighted by atomic mass is 10.3. The average Bonchev–Trinajstić information content (AvgIpc) is 2.18. The van der Waals surface area contributed by atoms with Crippen molar-refractivity contribution in [2.45, 2.75) is 0 Å². The Morgan fingerprint density at radius 1 is 1.33 bits per heavy atom. The van der Waals surface area contributed by atoms with Crippen molar-refractivity contribution in [1.82, 2.24) is 5.32 Å². The van der Waals surface area contributed by atoms with E-state index < -0.39 is 10.3 Å². The maximum absolute atomic E-state index is 11.1. The number of hydrogen-bond acceptors (Lipinski definition) is 3. The Labute approximate surface area is 89.6 Å². The van der Waals surface area contributed by atoms with E-state index in [1.54, 1.807) is 37.4 Å². The SMILES string of the molecule is CNCCN(c1ccccc1)S(=O)(=O)O. The molecular formula is C9H14N2O3S. The number of rotatable bonds is 5. The van der Waals surface area contributed by atoms with Crippen LogP contribution in [0.25, 0.3) is 0 Å². The van der Waals surface area contributed by atoms with Gasteiger partial charge in [0.05, 0.1) is 5.69 Å². The molecule has 0 bridgehead atoms. The van der Waals surface area contributed by atoms with Crippen molar-refractivity contribution in [3.05, 3.63) is 30.3 Å². The summed E-state index contributed by atoms with van der Waals surface area (Å²) in [5.41, 5.74) is 0.454. The number of nitrogens with one attached hydrogen (secondary N) is 1. The molecule has 1 aromatic carbocycles. The van der Waals surface area contributed by atoms with Gasteiger partial charge in [-0.3, -0.25) is 4.55 Å². The fraction of sp³-hybridized carbons (Fsp3) is 0.333. The van der Waals surface area contributed by atoms with E-state index in [0.29, 0.717) is 12.2 Å². The van der Waals surface area contributed by atoms with Gasteiger partial charge in [-0.1, -0.05) is 18.2 Å². The van der Waals surface area contributed by atoms with E-state index in [4.69, 9.17) is 4.55 Å². The molecule has 0 amide bonds. The third kappa shape index (κ3) is 3.50. The second kappa shape index (κ2) is 5.11. The van der Waals surface area contributed by atoms with Gasteiger partial charge in [0.15, 0.2) is 0 Å². The zero-order valence-electron chi connectivity index (χ0n) is 8.42. The molecule has 0 heterocycles. The summed E-state index contributed by atoms with van der Waals surface area (Å²) in [4.78, 5) is 0. The van der Waals surface area contributed by atoms with E-state index in [1.807, 2.05) is 0 Å². The first kappa shape index (κ1) is 12.0. The van der Waals surface area contributed by atoms with Crippen LogP contribution >= 0.6 is 0 Å². The largest absolute Gasteiger partial charge is 0.360 e. The third-order valence-electron chi connectivity index (χ3n) is 1.89. The van der Waals surface area contributed by atoms with Crippen molar-refractivity contribution in [3.8, 4) is 0 Å². The molecule has 0 aliphatic rings. The van der Waals surface area contributed by atoms with Crippen LogP contribution in [0.4, 0.5) is 5.69 Å². The lowest BCUT2D eigenvalue weighted by Gasteiger charge is -2.20. The Morgan fingerprint density at radius 2 is 1.93 bits per heavy atom. The molecule has 0 aliphatic carbocycles. The monoisotopic (exact) mass is 230 g/mol. The Bertz CT molecular complexity index is 391. The lowest BCUT2D eigenvalue weighted by molar-refractivity contribution is 0.477. The van der Waals surface area contributed by atoms with Crippen LogP contribution in [0.1, 0.15) is 0 Å². The third-order valence-corrected chi connectivity index (χ3v) is 2.84. The van der Waals surface area contributed by atoms with Crippen molar-refractivity contribution < 1.29 is 13.0 Å². The summed E-state index contributed by atoms with van der Waals surface area (Å²) in [6.07, 6.45) is 0. The highest BCUT2D eigenvalue weighted by Gasteiger charge is 2.18. The molecule has 0 unspecified atom stereocenters. The van der Waals surface area contributed by atoms with Gasteiger partial charge in [0, 0.05) is 13.1 Å². The predicted molar refractivity (Wildman–Crippen MR) is 59.3 cm³/mol. The maximum Gasteiger partial charge on any atom is 0.360 e. The standard InChI is InChI=1S/C9H14N2O3S/c1-10-7-8-11(15(12,13)14)9-5-3-2-4-6-9/h2-6,10H,7-8H2,1H3,(H,12,13,14). The van der Waals surface area contributed by atoms with Gasteiger partial charge in [-0.25, -0.2) is 4.31 Å². The van der Waals surface area contributed by atoms with Gasteiger partial charge in [0.2, 0.25) is 0 Å². The van der Waals surface area contributed by atoms with Gasteiger partial charge < -0.3 is 5.32 Å². The van der Waals surface area contributed by atoms with Crippen LogP contribution in [0.2, 0.25) is 0 Å². The quantitative estimate of drug-likeness (QED) is 0.723. The normalized spacial score (nSPS) is 11.3. The molecule has 2 N–H and O–H groups in total. The first-order chi connectivity index (χ1) is 7.05. The minimum atomic E-state index is -4.20. The second-order valence-corrected chi connectivity index (χ2v) is 4.33. The average molecular weight is 230 g/mol. The van der Waals surface area contributed by atoms with E-state index in [9.17, 15) is 8.42 Å². The van der Waals surface area contributed by atoms with Gasteiger partial charge in [-0.2, -0.15) is 8.42 Å². The number of anilines is 1. The number of hydrogen-bond donors (Lipinski definition) is 2. The van der Waals surface area contributed by atoms with Crippen LogP contribution < -0.4 is 9.62 Å². The first-order valence-electron chi connectivity index (χ1n) is 4.50. The van der Waals surface area contributed by atoms with Gasteiger partial charge in [-0.15, -0.1) is 0 Å². The molecular weight excluding hydrogens is 216 g/mol. The van der Waals surface area contributed by atoms with Crippen molar-refractivity contribution in [1.29, 1.82) is 0 Å². The Balaban J connectivity index is 2.92. The summed E-state index contributed by atoms with van der Waals surface area (Å²) in [5, 5.41) is 2.82. The van der Waals surface area contributed by atoms with Crippen molar-refractivity contribution in [3.63, 3.8) is 0 Å². The molecule has 1 aromatic rings. The highest BCUT2D eigenvalue weighted by atomic mass is 32.2. The Morgan fingerprint density at radius 3 is 2.40 bits per heavy atom. The first-order valence-corrected chi connectivity index (χ1v) is 5.90. The lowest BCUT2D eigenvalue weighted by Crippen LogP contribution is -2.35. The molecule has 0 saturated heterocycles. The predicted octanol–water partition coefficient (Wildman–Crippen LogP) is 0.515. The summed E-state index contributed by atoms with van der Waals surface area (Å²) in [6.45, 7) is 0.661. The molecule has 5 nitrogen and oxygen atoms in total. The molecule has 0 fully saturated rings. The summed E-state index contributed by atoms with van der Waals surface area (Å²) < 4.78 is 32.2. The zero-order valence-corrected chi connectivity index (χ0v) is 9.24. The second-order valence-electron chi connectivity index (χ2n) is 2.99. The summed E-state index contributed by atoms with van der Waals surface area (Å²) in [5.74, 6) is 0. The minimum Gasteiger partial charge on any atom is -0.318 e. The van der Waals surface area contributed by atoms with Crippen LogP contribution in [0.15, 0.2) is 30.3 Å². The Hall–Kier alpha value is -1.11. The van der Waals surface area contributed by atoms with Crippen LogP contribution in [0.5, 0.6) is 0 Å². The highest BCUT2D eigenvalue weighted by molar-refractivity contribution is 7.87. The molecule has 15 heavy (non-hydrogen) atoms. The molecule has 0 spiro atoms. The van der Waals surface area contributed by atoms with E-state index in [0.717, 1.165) is 4.31 Å². The number of para-hydroxylation sites is 1. The van der Waals surface area contributed by atoms with Crippen molar-refractivity contribution in [2.24, 2.45) is 0 Å². The molecule has 0 radical (unpaired) electrons. The molecule has 0 aromatic heterocycles. The van der Waals surface area contributed by atoms with E-state index >= 15 is 0 Å². The van der Waals surface area contributed by atoms with Gasteiger partial charge in [0.1, 0.15) is 0 Å². The summed E-state index contributed by atoms with van der Waals surface area (Å²) in [6, 6.07) is 8.47. The molecule has 0 aliphatic heterocycles. The zero-order chi connectivity index (χ0) is 11.3. The van der Waals surface area contributed by atoms with Crippen LogP contribution in [-0.2, 0) is 10.3 Å². The topological polar surface area (TPSA) is 69.6 Å². The van der Waals surface area contributed by atoms with Gasteiger partial charge in [-0.05, 0) is 19.2 Å². The number of benzene rings is 1. The van der Waals surface area contributed by atoms with Crippen LogP contribution in [-0.4, -0.2) is 33.1 Å². The molecule has 6 heteroatoms. The van der Waals surface area contributed by atoms with Crippen molar-refractivity contribution in [2.75, 3.05) is 24.4 Å². The van der Waals surface area contributed by atoms with Crippen LogP contribution in [0, 0.1) is 0 Å². The smallest absolute Gasteiger partial charge is 0.318 e. The van der Waals surface area contributed by atoms with E-state index in [-0.39, 0.29) is 6.54 Å². The van der Waals surface area contributed by atoms with Gasteiger partial charge >= 0.3 is 10.3 Å². The summed E-state index contributed by atoms with van der Waals surface area (Å²) >= 11 is 0. The van der Waals surface area contributed by atoms with Crippen LogP contribution in [0.3, 0.4) is 0 Å². The van der Waals surface area contributed by atoms with E-state index in [1.165, 1.54) is 0 Å². The molecule has 1 rings (SSSR count). The maximum atomic E-state index is 11.1.